The minimum atomic E-state index is -7.06. The summed E-state index contributed by atoms with van der Waals surface area (Å²) in [5.74, 6) is -24.5. The van der Waals surface area contributed by atoms with Crippen molar-refractivity contribution in [3.05, 3.63) is 22.6 Å². The largest absolute Gasteiger partial charge is 0.518 e. The second-order valence-corrected chi connectivity index (χ2v) is 3.17. The minimum Gasteiger partial charge on any atom is -0.399 e. The first-order valence-corrected chi connectivity index (χ1v) is 4.04. The van der Waals surface area contributed by atoms with E-state index in [1.807, 2.05) is 0 Å². The van der Waals surface area contributed by atoms with Gasteiger partial charge in [0.2, 0.25) is 5.76 Å². The molecular weight excluding hydrogens is 303 g/mol. The monoisotopic (exact) mass is 304 g/mol. The zero-order chi connectivity index (χ0) is 15.3. The summed E-state index contributed by atoms with van der Waals surface area (Å²) in [6.07, 6.45) is -7.42. The van der Waals surface area contributed by atoms with Crippen molar-refractivity contribution < 1.29 is 48.3 Å². The number of rotatable bonds is 3. The molecule has 1 heterocycles. The molecule has 0 bridgehead atoms. The molecule has 0 N–H and O–H groups in total. The van der Waals surface area contributed by atoms with E-state index in [2.05, 4.69) is 8.83 Å². The van der Waals surface area contributed by atoms with Crippen LogP contribution in [0.4, 0.5) is 39.5 Å². The second kappa shape index (κ2) is 3.93. The number of halogens is 9. The van der Waals surface area contributed by atoms with E-state index >= 15 is 0 Å². The van der Waals surface area contributed by atoms with Gasteiger partial charge in [0.15, 0.2) is 0 Å². The van der Waals surface area contributed by atoms with E-state index < -0.39 is 41.8 Å². The average Bonchev–Trinajstić information content (AvgIpc) is 2.63. The third kappa shape index (κ3) is 2.08. The fourth-order valence-corrected chi connectivity index (χ4v) is 0.908. The first kappa shape index (κ1) is 15.4. The van der Waals surface area contributed by atoms with Gasteiger partial charge >= 0.3 is 29.8 Å². The van der Waals surface area contributed by atoms with Crippen molar-refractivity contribution in [2.75, 3.05) is 0 Å². The van der Waals surface area contributed by atoms with Crippen LogP contribution in [0.15, 0.2) is 19.9 Å². The van der Waals surface area contributed by atoms with Crippen LogP contribution in [-0.2, 0) is 5.92 Å². The lowest BCUT2D eigenvalue weighted by Crippen LogP contribution is -2.59. The summed E-state index contributed by atoms with van der Waals surface area (Å²) >= 11 is 0. The SMILES string of the molecule is O=c1occ(C(F)(F)C(F)(F)C(F)(F)C(F)(F)F)o1. The fraction of sp³-hybridized carbons (Fsp3) is 0.571. The zero-order valence-corrected chi connectivity index (χ0v) is 8.20. The molecule has 0 radical (unpaired) electrons. The van der Waals surface area contributed by atoms with E-state index in [-0.39, 0.29) is 0 Å². The molecule has 1 rings (SSSR count). The van der Waals surface area contributed by atoms with Gasteiger partial charge in [0.05, 0.1) is 0 Å². The lowest BCUT2D eigenvalue weighted by Gasteiger charge is -2.32. The predicted molar refractivity (Wildman–Crippen MR) is 37.1 cm³/mol. The van der Waals surface area contributed by atoms with Crippen molar-refractivity contribution in [3.63, 3.8) is 0 Å². The van der Waals surface area contributed by atoms with Crippen LogP contribution in [-0.4, -0.2) is 18.0 Å². The van der Waals surface area contributed by atoms with Gasteiger partial charge in [-0.3, -0.25) is 0 Å². The van der Waals surface area contributed by atoms with E-state index in [0.717, 1.165) is 0 Å². The van der Waals surface area contributed by atoms with Crippen molar-refractivity contribution in [1.82, 2.24) is 0 Å². The van der Waals surface area contributed by atoms with Crippen LogP contribution in [0, 0.1) is 0 Å². The Bertz CT molecular complexity index is 508. The molecule has 0 amide bonds. The van der Waals surface area contributed by atoms with Gasteiger partial charge in [0.25, 0.3) is 0 Å². The summed E-state index contributed by atoms with van der Waals surface area (Å²) in [7, 11) is 0. The Hall–Kier alpha value is -1.62. The molecule has 3 nitrogen and oxygen atoms in total. The van der Waals surface area contributed by atoms with Gasteiger partial charge in [0, 0.05) is 0 Å². The molecule has 0 atom stereocenters. The van der Waals surface area contributed by atoms with Crippen LogP contribution >= 0.6 is 0 Å². The van der Waals surface area contributed by atoms with Crippen LogP contribution < -0.4 is 5.82 Å². The molecule has 0 saturated carbocycles. The first-order valence-electron chi connectivity index (χ1n) is 4.04. The molecule has 19 heavy (non-hydrogen) atoms. The van der Waals surface area contributed by atoms with Crippen LogP contribution in [0.5, 0.6) is 0 Å². The quantitative estimate of drug-likeness (QED) is 0.806. The van der Waals surface area contributed by atoms with E-state index in [9.17, 15) is 44.3 Å². The molecule has 110 valence electrons. The number of hydrogen-bond acceptors (Lipinski definition) is 3. The summed E-state index contributed by atoms with van der Waals surface area (Å²) in [6.45, 7) is 0. The summed E-state index contributed by atoms with van der Waals surface area (Å²) in [5, 5.41) is 0. The molecular formula is C7HF9O3. The van der Waals surface area contributed by atoms with Crippen molar-refractivity contribution in [2.45, 2.75) is 23.9 Å². The zero-order valence-electron chi connectivity index (χ0n) is 8.20. The predicted octanol–water partition coefficient (Wildman–Crippen LogP) is 3.16. The molecule has 0 aliphatic carbocycles. The molecule has 1 aromatic heterocycles. The highest BCUT2D eigenvalue weighted by Crippen LogP contribution is 2.56. The smallest absolute Gasteiger partial charge is 0.399 e. The highest BCUT2D eigenvalue weighted by atomic mass is 19.4. The third-order valence-electron chi connectivity index (χ3n) is 1.91. The Labute approximate surface area is 96.1 Å². The Morgan fingerprint density at radius 1 is 0.842 bits per heavy atom. The molecule has 0 fully saturated rings. The van der Waals surface area contributed by atoms with Crippen molar-refractivity contribution in [2.24, 2.45) is 0 Å². The highest BCUT2D eigenvalue weighted by Gasteiger charge is 2.83. The standard InChI is InChI=1S/C7HF9O3/c8-4(9,2-1-18-3(17)19-2)5(10,11)6(12,13)7(14,15)16/h1H. The maximum atomic E-state index is 13.0. The normalized spacial score (nSPS) is 14.8. The lowest BCUT2D eigenvalue weighted by molar-refractivity contribution is -0.401. The van der Waals surface area contributed by atoms with Gasteiger partial charge in [-0.25, -0.2) is 4.79 Å². The summed E-state index contributed by atoms with van der Waals surface area (Å²) in [4.78, 5) is 10.2. The van der Waals surface area contributed by atoms with E-state index in [1.54, 1.807) is 0 Å². The Kier molecular flexibility index (Phi) is 3.20. The van der Waals surface area contributed by atoms with Crippen molar-refractivity contribution in [1.29, 1.82) is 0 Å². The van der Waals surface area contributed by atoms with E-state index in [4.69, 9.17) is 0 Å². The molecule has 0 aliphatic heterocycles. The summed E-state index contributed by atoms with van der Waals surface area (Å²) in [6, 6.07) is 0. The van der Waals surface area contributed by atoms with Gasteiger partial charge in [0.1, 0.15) is 6.26 Å². The Balaban J connectivity index is 3.37. The van der Waals surface area contributed by atoms with Gasteiger partial charge < -0.3 is 8.83 Å². The topological polar surface area (TPSA) is 43.4 Å². The Morgan fingerprint density at radius 3 is 1.63 bits per heavy atom. The van der Waals surface area contributed by atoms with E-state index in [0.29, 0.717) is 0 Å². The van der Waals surface area contributed by atoms with Gasteiger partial charge in [-0.1, -0.05) is 0 Å². The molecule has 0 aromatic carbocycles. The first-order chi connectivity index (χ1) is 8.25. The minimum absolute atomic E-state index is 0.483. The highest BCUT2D eigenvalue weighted by molar-refractivity contribution is 5.10. The van der Waals surface area contributed by atoms with Crippen LogP contribution in [0.3, 0.4) is 0 Å². The second-order valence-electron chi connectivity index (χ2n) is 3.17. The van der Waals surface area contributed by atoms with Gasteiger partial charge in [-0.05, 0) is 0 Å². The van der Waals surface area contributed by atoms with E-state index in [1.165, 1.54) is 0 Å². The van der Waals surface area contributed by atoms with Crippen LogP contribution in [0.25, 0.3) is 0 Å². The molecule has 0 unspecified atom stereocenters. The molecule has 0 aliphatic rings. The lowest BCUT2D eigenvalue weighted by atomic mass is 10.0. The summed E-state index contributed by atoms with van der Waals surface area (Å²) in [5.41, 5.74) is 0. The average molecular weight is 304 g/mol. The van der Waals surface area contributed by atoms with Crippen molar-refractivity contribution in [3.8, 4) is 0 Å². The molecule has 0 saturated heterocycles. The van der Waals surface area contributed by atoms with Crippen LogP contribution in [0.1, 0.15) is 5.76 Å². The maximum Gasteiger partial charge on any atom is 0.518 e. The number of hydrogen-bond donors (Lipinski definition) is 0. The van der Waals surface area contributed by atoms with Gasteiger partial charge in [-0.2, -0.15) is 39.5 Å². The molecule has 1 aromatic rings. The fourth-order valence-electron chi connectivity index (χ4n) is 0.908. The molecule has 0 spiro atoms. The number of alkyl halides is 9. The van der Waals surface area contributed by atoms with Crippen LogP contribution in [0.2, 0.25) is 0 Å². The van der Waals surface area contributed by atoms with Crippen molar-refractivity contribution >= 4 is 0 Å². The Morgan fingerprint density at radius 2 is 1.32 bits per heavy atom. The molecule has 12 heteroatoms. The third-order valence-corrected chi connectivity index (χ3v) is 1.91. The summed E-state index contributed by atoms with van der Waals surface area (Å²) < 4.78 is 118. The maximum absolute atomic E-state index is 13.0. The van der Waals surface area contributed by atoms with Gasteiger partial charge in [-0.15, -0.1) is 0 Å².